The first-order valence-corrected chi connectivity index (χ1v) is 40.0. The molecule has 0 aromatic heterocycles. The minimum Gasteiger partial charge on any atom is -0.493 e. The first kappa shape index (κ1) is 48.4. The lowest BCUT2D eigenvalue weighted by Gasteiger charge is -2.47. The number of hydrogen-bond donors (Lipinski definition) is 4. The Balaban J connectivity index is 0.000000249. The molecule has 8 aliphatic rings. The van der Waals surface area contributed by atoms with Gasteiger partial charge in [-0.3, -0.25) is 38.8 Å². The van der Waals surface area contributed by atoms with Crippen molar-refractivity contribution < 1.29 is 145 Å². The molecule has 0 aliphatic carbocycles. The fourth-order valence-electron chi connectivity index (χ4n) is 16.8. The Bertz CT molecular complexity index is 6120. The van der Waals surface area contributed by atoms with E-state index in [9.17, 15) is 24.7 Å². The third kappa shape index (κ3) is 23.8. The highest BCUT2D eigenvalue weighted by molar-refractivity contribution is 5.77. The summed E-state index contributed by atoms with van der Waals surface area (Å²) >= 11 is 0. The molecule has 12 rings (SSSR count). The average molecular weight is 1720 g/mol. The number of carbonyl (C=O) groups is 4. The third-order valence-electron chi connectivity index (χ3n) is 22.3. The number of fused-ring (bicyclic) bond motifs is 12. The Kier molecular flexibility index (Phi) is 17.7. The van der Waals surface area contributed by atoms with Crippen LogP contribution < -0.4 is 60.8 Å². The molecule has 16 atom stereocenters. The number of nitrogens with zero attached hydrogens (tertiary/aromatic N) is 4. The van der Waals surface area contributed by atoms with Crippen molar-refractivity contribution in [3.63, 3.8) is 0 Å². The summed E-state index contributed by atoms with van der Waals surface area (Å²) in [5, 5.41) is 0. The molecule has 672 valence electrons. The molecule has 0 amide bonds. The summed E-state index contributed by atoms with van der Waals surface area (Å²) in [4.78, 5) is 61.0. The molecule has 24 heteroatoms. The van der Waals surface area contributed by atoms with E-state index in [0.29, 0.717) is 69.3 Å². The van der Waals surface area contributed by atoms with E-state index in [2.05, 4.69) is 0 Å². The molecule has 4 aromatic rings. The molecule has 120 heavy (non-hydrogen) atoms. The van der Waals surface area contributed by atoms with E-state index in [1.807, 2.05) is 70.1 Å². The van der Waals surface area contributed by atoms with Crippen LogP contribution in [-0.4, -0.2) is 201 Å². The molecule has 0 spiro atoms. The van der Waals surface area contributed by atoms with Crippen LogP contribution in [-0.2, 0) is 63.8 Å². The van der Waals surface area contributed by atoms with Crippen molar-refractivity contribution >= 4 is 23.9 Å². The lowest BCUT2D eigenvalue weighted by Crippen LogP contribution is -2.51. The highest BCUT2D eigenvalue weighted by atomic mass is 16.6. The highest BCUT2D eigenvalue weighted by Crippen LogP contribution is 2.50. The highest BCUT2D eigenvalue weighted by Gasteiger charge is 2.47. The number of carbonyl (C=O) groups excluding carboxylic acids is 4. The zero-order valence-corrected chi connectivity index (χ0v) is 70.7. The zero-order chi connectivity index (χ0) is 131. The van der Waals surface area contributed by atoms with E-state index < -0.39 is 230 Å². The quantitative estimate of drug-likeness (QED) is 0.0303. The second-order valence-corrected chi connectivity index (χ2v) is 32.4. The summed E-state index contributed by atoms with van der Waals surface area (Å²) in [6.45, 7) is -12.2. The predicted octanol–water partition coefficient (Wildman–Crippen LogP) is 14.3. The van der Waals surface area contributed by atoms with Gasteiger partial charge in [0.05, 0.1) is 86.9 Å². The summed E-state index contributed by atoms with van der Waals surface area (Å²) < 4.78 is 468. The second-order valence-electron chi connectivity index (χ2n) is 32.4. The van der Waals surface area contributed by atoms with Gasteiger partial charge in [0.2, 0.25) is 0 Å². The number of rotatable bonds is 28. The van der Waals surface area contributed by atoms with Gasteiger partial charge in [0, 0.05) is 164 Å². The van der Waals surface area contributed by atoms with Gasteiger partial charge < -0.3 is 79.8 Å². The molecular weight excluding hydrogens is 1520 g/mol. The van der Waals surface area contributed by atoms with E-state index in [-0.39, 0.29) is 205 Å². The van der Waals surface area contributed by atoms with E-state index in [4.69, 9.17) is 143 Å². The maximum absolute atomic E-state index is 13.5. The average Bonchev–Trinajstić information content (AvgIpc) is 0.647. The topological polar surface area (TPSA) is 296 Å². The van der Waals surface area contributed by atoms with Crippen molar-refractivity contribution in [1.82, 2.24) is 19.6 Å². The Hall–Kier alpha value is -7.16. The molecule has 24 nitrogen and oxygen atoms in total. The first-order valence-electron chi connectivity index (χ1n) is 65.0. The van der Waals surface area contributed by atoms with Crippen LogP contribution >= 0.6 is 0 Å². The fraction of sp³-hybridized carbons (Fsp3) is 0.708. The van der Waals surface area contributed by atoms with Crippen molar-refractivity contribution in [2.24, 2.45) is 93.9 Å². The number of esters is 4. The van der Waals surface area contributed by atoms with Crippen LogP contribution in [0.2, 0.25) is 0 Å². The summed E-state index contributed by atoms with van der Waals surface area (Å²) in [6.07, 6.45) is -4.10. The van der Waals surface area contributed by atoms with E-state index in [1.165, 1.54) is 35.5 Å². The van der Waals surface area contributed by atoms with Gasteiger partial charge in [-0.15, -0.1) is 0 Å². The Morgan fingerprint density at radius 2 is 0.617 bits per heavy atom. The van der Waals surface area contributed by atoms with Gasteiger partial charge in [-0.1, -0.05) is 110 Å². The van der Waals surface area contributed by atoms with Gasteiger partial charge in [0.15, 0.2) is 46.0 Å². The van der Waals surface area contributed by atoms with Crippen molar-refractivity contribution in [2.75, 3.05) is 109 Å². The smallest absolute Gasteiger partial charge is 0.323 e. The third-order valence-corrected chi connectivity index (χ3v) is 22.3. The molecule has 4 saturated heterocycles. The lowest BCUT2D eigenvalue weighted by molar-refractivity contribution is -0.161. The van der Waals surface area contributed by atoms with Crippen molar-refractivity contribution in [2.45, 2.75) is 260 Å². The van der Waals surface area contributed by atoms with Crippen molar-refractivity contribution in [1.29, 1.82) is 0 Å². The molecule has 8 N–H and O–H groups in total. The van der Waals surface area contributed by atoms with E-state index >= 15 is 0 Å². The molecule has 4 aromatic carbocycles. The molecular formula is C96H152N8O16. The predicted molar refractivity (Wildman–Crippen MR) is 471 cm³/mol. The van der Waals surface area contributed by atoms with Crippen molar-refractivity contribution in [3.05, 3.63) is 92.8 Å². The zero-order valence-electron chi connectivity index (χ0n) is 121. The van der Waals surface area contributed by atoms with Crippen LogP contribution in [0.1, 0.15) is 299 Å². The number of piperidine rings is 4. The Morgan fingerprint density at radius 1 is 0.367 bits per heavy atom. The van der Waals surface area contributed by atoms with E-state index in [1.54, 1.807) is 4.90 Å². The molecule has 0 radical (unpaired) electrons. The fourth-order valence-corrected chi connectivity index (χ4v) is 16.8. The minimum absolute atomic E-state index is 0.00255. The standard InChI is InChI=1S/4C24H38N2O4/c4*1-14(2)9-17-13-26-8-7-16-10-21(28-5)22(29-6)11-18(16)19(26)12-20(17)30-24(27)23(25)15(3)4/h4*10-11,14-15,17,19-20,23H,7-9,12-13,25H2,1-6H3/t4*17?,19?,20?,23-/m0000/s1/i3D3,4D3,5D3,10D,11D,15D,20D,23D;3D3,4D3,5D3,10D,11D,15D,19D,23D;2*3D3,4D3,10D,11D,15D,19D,23D. The van der Waals surface area contributed by atoms with Gasteiger partial charge in [-0.25, -0.2) is 0 Å². The SMILES string of the molecule is [2H]c1c2c(c([2H])c(OC)c1OC([2H])([2H])[2H])C1([2H])CC(OC(=O)[C@@]([2H])(N)C([2H])(C([2H])([2H])[2H])C([2H])([2H])[2H])C(CC(C)C)CN1CC2.[2H]c1c2c(c([2H])c(OC)c1OC([2H])([2H])[2H])C1CC([2H])(OC(=O)[C@@]([2H])(N)C([2H])(C([2H])([2H])[2H])C([2H])([2H])[2H])C(CC(C)C)CN1CC2.[2H]c1c2c(c([2H])c(OC)c1OC)C1([2H])CC(OC(=O)[C@@]([2H])(N)C([2H])(C([2H])([2H])[2H])C([2H])([2H])[2H])C(CC(C)C)CN1CC2.[2H]c1c2c(c([2H])c(OC)c1OC)C1([2H])CC(OC(=O)[C@@]([2H])(N)C([2H])(C([2H])([2H])[2H])C([2H])([2H])[2H])C(CC(C)C)CN1CC2. The number of nitrogens with two attached hydrogens (primary N) is 4. The Labute approximate surface area is 789 Å². The molecule has 0 saturated carbocycles. The van der Waals surface area contributed by atoms with Crippen molar-refractivity contribution in [3.8, 4) is 46.0 Å². The summed E-state index contributed by atoms with van der Waals surface area (Å²) in [5.41, 5.74) is 24.9. The Morgan fingerprint density at radius 3 is 0.900 bits per heavy atom. The van der Waals surface area contributed by atoms with Gasteiger partial charge in [0.25, 0.3) is 0 Å². The number of methoxy groups -OCH3 is 8. The molecule has 8 heterocycles. The van der Waals surface area contributed by atoms with Crippen LogP contribution in [0.15, 0.2) is 48.3 Å². The van der Waals surface area contributed by atoms with Gasteiger partial charge in [-0.05, 0) is 191 Å². The summed E-state index contributed by atoms with van der Waals surface area (Å²) in [7, 11) is 1.78. The number of hydrogen-bond acceptors (Lipinski definition) is 24. The molecule has 12 unspecified atom stereocenters. The maximum atomic E-state index is 13.5. The normalized spacial score (nSPS) is 35.9. The molecule has 0 bridgehead atoms. The van der Waals surface area contributed by atoms with Crippen LogP contribution in [0.3, 0.4) is 0 Å². The largest absolute Gasteiger partial charge is 0.493 e. The maximum Gasteiger partial charge on any atom is 0.323 e. The molecule has 4 fully saturated rings. The van der Waals surface area contributed by atoms with Gasteiger partial charge >= 0.3 is 23.9 Å². The van der Waals surface area contributed by atoms with Crippen LogP contribution in [0.25, 0.3) is 0 Å². The minimum atomic E-state index is -3.81. The van der Waals surface area contributed by atoms with Crippen LogP contribution in [0.5, 0.6) is 46.0 Å². The van der Waals surface area contributed by atoms with Gasteiger partial charge in [0.1, 0.15) is 48.5 Å². The van der Waals surface area contributed by atoms with Crippen LogP contribution in [0, 0.1) is 70.9 Å². The molecule has 8 aliphatic heterocycles. The van der Waals surface area contributed by atoms with Gasteiger partial charge in [-0.2, -0.15) is 0 Å². The summed E-state index contributed by atoms with van der Waals surface area (Å²) in [6, 6.07) is -22.1. The summed E-state index contributed by atoms with van der Waals surface area (Å²) in [5.74, 6) is -25.4. The van der Waals surface area contributed by atoms with E-state index in [0.717, 1.165) is 7.11 Å². The number of benzene rings is 4. The monoisotopic (exact) mass is 1720 g/mol. The first-order chi connectivity index (χ1) is 76.7. The lowest BCUT2D eigenvalue weighted by atomic mass is 9.79. The van der Waals surface area contributed by atoms with Crippen LogP contribution in [0.4, 0.5) is 0 Å². The second kappa shape index (κ2) is 43.9. The number of ether oxygens (including phenoxy) is 12.